The molecule has 0 radical (unpaired) electrons. The first-order valence-corrected chi connectivity index (χ1v) is 10.2. The zero-order valence-corrected chi connectivity index (χ0v) is 16.6. The molecule has 1 N–H and O–H groups in total. The number of rotatable bonds is 6. The van der Waals surface area contributed by atoms with Gasteiger partial charge in [0.05, 0.1) is 5.56 Å². The SMILES string of the molecule is C=C[C@]1(c2ccccc2)CCC[C@]1(Cc1ccc(C(=O)O)cc1)c1ccccc1. The number of allylic oxidation sites excluding steroid dienone is 1. The van der Waals surface area contributed by atoms with E-state index in [1.165, 1.54) is 11.1 Å². The predicted molar refractivity (Wildman–Crippen MR) is 117 cm³/mol. The summed E-state index contributed by atoms with van der Waals surface area (Å²) >= 11 is 0. The average Bonchev–Trinajstić information content (AvgIpc) is 3.15. The summed E-state index contributed by atoms with van der Waals surface area (Å²) in [5.41, 5.74) is 3.82. The Labute approximate surface area is 172 Å². The Morgan fingerprint density at radius 1 is 0.862 bits per heavy atom. The van der Waals surface area contributed by atoms with Crippen molar-refractivity contribution in [2.75, 3.05) is 0 Å². The minimum absolute atomic E-state index is 0.123. The normalized spacial score (nSPS) is 23.6. The van der Waals surface area contributed by atoms with Crippen LogP contribution in [0.15, 0.2) is 97.6 Å². The molecule has 3 aromatic rings. The van der Waals surface area contributed by atoms with E-state index >= 15 is 0 Å². The summed E-state index contributed by atoms with van der Waals surface area (Å²) in [4.78, 5) is 11.3. The van der Waals surface area contributed by atoms with E-state index in [1.807, 2.05) is 12.1 Å². The molecule has 1 aliphatic carbocycles. The fraction of sp³-hybridized carbons (Fsp3) is 0.222. The maximum absolute atomic E-state index is 11.3. The van der Waals surface area contributed by atoms with Crippen molar-refractivity contribution in [2.24, 2.45) is 0 Å². The molecule has 0 spiro atoms. The Morgan fingerprint density at radius 3 is 2.00 bits per heavy atom. The highest BCUT2D eigenvalue weighted by molar-refractivity contribution is 5.87. The molecule has 2 nitrogen and oxygen atoms in total. The van der Waals surface area contributed by atoms with E-state index in [2.05, 4.69) is 73.3 Å². The molecule has 0 heterocycles. The zero-order valence-electron chi connectivity index (χ0n) is 16.6. The van der Waals surface area contributed by atoms with E-state index in [1.54, 1.807) is 12.1 Å². The summed E-state index contributed by atoms with van der Waals surface area (Å²) in [6.07, 6.45) is 6.26. The number of carboxylic acids is 1. The molecule has 29 heavy (non-hydrogen) atoms. The molecule has 1 aliphatic rings. The summed E-state index contributed by atoms with van der Waals surface area (Å²) in [6, 6.07) is 28.8. The van der Waals surface area contributed by atoms with Gasteiger partial charge in [-0.1, -0.05) is 85.3 Å². The first-order chi connectivity index (χ1) is 14.1. The molecule has 3 aromatic carbocycles. The first-order valence-electron chi connectivity index (χ1n) is 10.2. The van der Waals surface area contributed by atoms with Gasteiger partial charge in [-0.15, -0.1) is 6.58 Å². The van der Waals surface area contributed by atoms with Crippen LogP contribution in [0.3, 0.4) is 0 Å². The lowest BCUT2D eigenvalue weighted by molar-refractivity contribution is 0.0697. The van der Waals surface area contributed by atoms with Crippen LogP contribution in [0.2, 0.25) is 0 Å². The monoisotopic (exact) mass is 382 g/mol. The maximum atomic E-state index is 11.3. The Kier molecular flexibility index (Phi) is 5.10. The van der Waals surface area contributed by atoms with Crippen LogP contribution in [-0.2, 0) is 17.3 Å². The van der Waals surface area contributed by atoms with Gasteiger partial charge in [-0.25, -0.2) is 4.79 Å². The van der Waals surface area contributed by atoms with Gasteiger partial charge < -0.3 is 5.11 Å². The van der Waals surface area contributed by atoms with Gasteiger partial charge in [0.2, 0.25) is 0 Å². The summed E-state index contributed by atoms with van der Waals surface area (Å²) in [5.74, 6) is -0.889. The van der Waals surface area contributed by atoms with Crippen LogP contribution >= 0.6 is 0 Å². The van der Waals surface area contributed by atoms with Gasteiger partial charge in [0.1, 0.15) is 0 Å². The van der Waals surface area contributed by atoms with Crippen LogP contribution in [0, 0.1) is 0 Å². The fourth-order valence-corrected chi connectivity index (χ4v) is 5.32. The third kappa shape index (κ3) is 3.19. The quantitative estimate of drug-likeness (QED) is 0.517. The molecule has 0 aromatic heterocycles. The predicted octanol–water partition coefficient (Wildman–Crippen LogP) is 6.17. The summed E-state index contributed by atoms with van der Waals surface area (Å²) < 4.78 is 0. The molecular formula is C27H26O2. The molecule has 4 rings (SSSR count). The molecule has 0 saturated heterocycles. The maximum Gasteiger partial charge on any atom is 0.335 e. The number of carboxylic acid groups (broad SMARTS) is 1. The minimum atomic E-state index is -0.889. The van der Waals surface area contributed by atoms with E-state index in [9.17, 15) is 9.90 Å². The Balaban J connectivity index is 1.87. The summed E-state index contributed by atoms with van der Waals surface area (Å²) in [6.45, 7) is 4.31. The van der Waals surface area contributed by atoms with Crippen LogP contribution in [0.25, 0.3) is 0 Å². The highest BCUT2D eigenvalue weighted by Crippen LogP contribution is 2.58. The largest absolute Gasteiger partial charge is 0.478 e. The van der Waals surface area contributed by atoms with Crippen LogP contribution in [0.1, 0.15) is 46.3 Å². The fourth-order valence-electron chi connectivity index (χ4n) is 5.32. The van der Waals surface area contributed by atoms with E-state index in [0.29, 0.717) is 5.56 Å². The molecule has 1 fully saturated rings. The molecule has 146 valence electrons. The smallest absolute Gasteiger partial charge is 0.335 e. The second kappa shape index (κ2) is 7.71. The second-order valence-electron chi connectivity index (χ2n) is 8.02. The standard InChI is InChI=1S/C27H26O2/c1-2-26(23-10-5-3-6-11-23)18-9-19-27(26,24-12-7-4-8-13-24)20-21-14-16-22(17-15-21)25(28)29/h2-8,10-17H,1,9,18-20H2,(H,28,29)/t26-,27+/m1/s1. The lowest BCUT2D eigenvalue weighted by Crippen LogP contribution is -2.45. The van der Waals surface area contributed by atoms with Crippen molar-refractivity contribution in [3.8, 4) is 0 Å². The summed E-state index contributed by atoms with van der Waals surface area (Å²) in [5, 5.41) is 9.25. The van der Waals surface area contributed by atoms with Crippen LogP contribution in [0.4, 0.5) is 0 Å². The molecule has 1 saturated carbocycles. The topological polar surface area (TPSA) is 37.3 Å². The molecular weight excluding hydrogens is 356 g/mol. The Morgan fingerprint density at radius 2 is 1.45 bits per heavy atom. The number of aromatic carboxylic acids is 1. The van der Waals surface area contributed by atoms with Gasteiger partial charge in [-0.2, -0.15) is 0 Å². The van der Waals surface area contributed by atoms with E-state index in [-0.39, 0.29) is 10.8 Å². The number of hydrogen-bond acceptors (Lipinski definition) is 1. The lowest BCUT2D eigenvalue weighted by Gasteiger charge is -2.46. The van der Waals surface area contributed by atoms with Crippen molar-refractivity contribution in [1.82, 2.24) is 0 Å². The highest BCUT2D eigenvalue weighted by Gasteiger charge is 2.54. The Bertz CT molecular complexity index is 992. The zero-order chi connectivity index (χ0) is 20.3. The van der Waals surface area contributed by atoms with Crippen molar-refractivity contribution < 1.29 is 9.90 Å². The number of benzene rings is 3. The van der Waals surface area contributed by atoms with Crippen molar-refractivity contribution in [3.05, 3.63) is 120 Å². The number of carbonyl (C=O) groups is 1. The van der Waals surface area contributed by atoms with E-state index in [0.717, 1.165) is 31.2 Å². The average molecular weight is 383 g/mol. The van der Waals surface area contributed by atoms with Gasteiger partial charge in [0.15, 0.2) is 0 Å². The molecule has 2 heteroatoms. The third-order valence-corrected chi connectivity index (χ3v) is 6.70. The van der Waals surface area contributed by atoms with E-state index < -0.39 is 5.97 Å². The van der Waals surface area contributed by atoms with Crippen LogP contribution in [0.5, 0.6) is 0 Å². The van der Waals surface area contributed by atoms with Gasteiger partial charge in [-0.05, 0) is 48.1 Å². The lowest BCUT2D eigenvalue weighted by atomic mass is 9.56. The van der Waals surface area contributed by atoms with Crippen LogP contribution < -0.4 is 0 Å². The molecule has 2 atom stereocenters. The minimum Gasteiger partial charge on any atom is -0.478 e. The highest BCUT2D eigenvalue weighted by atomic mass is 16.4. The van der Waals surface area contributed by atoms with Gasteiger partial charge in [0, 0.05) is 10.8 Å². The Hall–Kier alpha value is -3.13. The van der Waals surface area contributed by atoms with Gasteiger partial charge in [0.25, 0.3) is 0 Å². The first kappa shape index (κ1) is 19.2. The van der Waals surface area contributed by atoms with Crippen molar-refractivity contribution in [1.29, 1.82) is 0 Å². The van der Waals surface area contributed by atoms with Gasteiger partial charge in [-0.3, -0.25) is 0 Å². The summed E-state index contributed by atoms with van der Waals surface area (Å²) in [7, 11) is 0. The molecule has 0 bridgehead atoms. The van der Waals surface area contributed by atoms with Crippen LogP contribution in [-0.4, -0.2) is 11.1 Å². The molecule has 0 aliphatic heterocycles. The number of hydrogen-bond donors (Lipinski definition) is 1. The molecule has 0 amide bonds. The molecule has 0 unspecified atom stereocenters. The third-order valence-electron chi connectivity index (χ3n) is 6.70. The van der Waals surface area contributed by atoms with Gasteiger partial charge >= 0.3 is 5.97 Å². The second-order valence-corrected chi connectivity index (χ2v) is 8.02. The van der Waals surface area contributed by atoms with E-state index in [4.69, 9.17) is 0 Å². The van der Waals surface area contributed by atoms with Crippen molar-refractivity contribution in [2.45, 2.75) is 36.5 Å². The van der Waals surface area contributed by atoms with Crippen molar-refractivity contribution >= 4 is 5.97 Å². The van der Waals surface area contributed by atoms with Crippen molar-refractivity contribution in [3.63, 3.8) is 0 Å².